The predicted octanol–water partition coefficient (Wildman–Crippen LogP) is 5.34. The van der Waals surface area contributed by atoms with E-state index in [2.05, 4.69) is 15.9 Å². The number of methoxy groups -OCH3 is 1. The number of benzene rings is 1. The van der Waals surface area contributed by atoms with E-state index in [1.807, 2.05) is 11.4 Å². The molecule has 18 heavy (non-hydrogen) atoms. The summed E-state index contributed by atoms with van der Waals surface area (Å²) in [5.41, 5.74) is 1.45. The Kier molecular flexibility index (Phi) is 4.30. The number of hydrogen-bond donors (Lipinski definition) is 0. The lowest BCUT2D eigenvalue weighted by molar-refractivity contribution is 0.416. The summed E-state index contributed by atoms with van der Waals surface area (Å²) in [6, 6.07) is 5.06. The van der Waals surface area contributed by atoms with Crippen molar-refractivity contribution in [3.63, 3.8) is 0 Å². The second-order valence-electron chi connectivity index (χ2n) is 3.87. The first-order valence-electron chi connectivity index (χ1n) is 5.25. The maximum atomic E-state index is 13.4. The molecular weight excluding hydrogens is 339 g/mol. The highest BCUT2D eigenvalue weighted by Gasteiger charge is 2.17. The van der Waals surface area contributed by atoms with E-state index in [1.54, 1.807) is 31.4 Å². The lowest BCUT2D eigenvalue weighted by Crippen LogP contribution is -1.94. The van der Waals surface area contributed by atoms with E-state index in [9.17, 15) is 4.39 Å². The fourth-order valence-corrected chi connectivity index (χ4v) is 3.67. The molecule has 0 fully saturated rings. The Hall–Kier alpha value is -0.580. The van der Waals surface area contributed by atoms with Gasteiger partial charge in [0.25, 0.3) is 0 Å². The molecule has 1 heterocycles. The van der Waals surface area contributed by atoms with Crippen LogP contribution in [0.1, 0.15) is 20.8 Å². The van der Waals surface area contributed by atoms with E-state index in [0.717, 1.165) is 16.2 Å². The molecule has 5 heteroatoms. The van der Waals surface area contributed by atoms with Gasteiger partial charge in [0.2, 0.25) is 0 Å². The van der Waals surface area contributed by atoms with Crippen LogP contribution in [0, 0.1) is 12.7 Å². The van der Waals surface area contributed by atoms with Crippen LogP contribution < -0.4 is 4.74 Å². The SMILES string of the molecule is COc1csc(C(Br)c2cc(C)c(F)cc2Cl)c1. The molecule has 0 aliphatic heterocycles. The van der Waals surface area contributed by atoms with E-state index < -0.39 is 0 Å². The maximum absolute atomic E-state index is 13.4. The van der Waals surface area contributed by atoms with Crippen LogP contribution in [0.2, 0.25) is 5.02 Å². The lowest BCUT2D eigenvalue weighted by atomic mass is 10.1. The molecule has 0 radical (unpaired) electrons. The minimum Gasteiger partial charge on any atom is -0.496 e. The average molecular weight is 350 g/mol. The van der Waals surface area contributed by atoms with Crippen molar-refractivity contribution in [2.24, 2.45) is 0 Å². The topological polar surface area (TPSA) is 9.23 Å². The van der Waals surface area contributed by atoms with E-state index in [0.29, 0.717) is 10.6 Å². The minimum absolute atomic E-state index is 0.0572. The van der Waals surface area contributed by atoms with Gasteiger partial charge in [-0.05, 0) is 30.2 Å². The van der Waals surface area contributed by atoms with Crippen molar-refractivity contribution in [3.8, 4) is 5.75 Å². The number of hydrogen-bond acceptors (Lipinski definition) is 2. The van der Waals surface area contributed by atoms with Crippen LogP contribution in [0.25, 0.3) is 0 Å². The highest BCUT2D eigenvalue weighted by molar-refractivity contribution is 9.09. The van der Waals surface area contributed by atoms with E-state index >= 15 is 0 Å². The van der Waals surface area contributed by atoms with Crippen molar-refractivity contribution < 1.29 is 9.13 Å². The van der Waals surface area contributed by atoms with Gasteiger partial charge in [0.1, 0.15) is 11.6 Å². The fraction of sp³-hybridized carbons (Fsp3) is 0.231. The number of halogens is 3. The summed E-state index contributed by atoms with van der Waals surface area (Å²) in [7, 11) is 1.63. The smallest absolute Gasteiger partial charge is 0.129 e. The van der Waals surface area contributed by atoms with E-state index in [-0.39, 0.29) is 10.6 Å². The molecule has 0 N–H and O–H groups in total. The van der Waals surface area contributed by atoms with Crippen molar-refractivity contribution >= 4 is 38.9 Å². The van der Waals surface area contributed by atoms with Crippen molar-refractivity contribution in [3.05, 3.63) is 50.4 Å². The van der Waals surface area contributed by atoms with Crippen molar-refractivity contribution in [2.75, 3.05) is 7.11 Å². The van der Waals surface area contributed by atoms with Gasteiger partial charge in [0.05, 0.1) is 11.9 Å². The first-order chi connectivity index (χ1) is 8.52. The summed E-state index contributed by atoms with van der Waals surface area (Å²) in [5.74, 6) is 0.529. The van der Waals surface area contributed by atoms with Crippen LogP contribution in [-0.2, 0) is 0 Å². The Bertz CT molecular complexity index is 570. The standard InChI is InChI=1S/C13H11BrClFOS/c1-7-3-9(10(15)5-11(7)16)13(14)12-4-8(17-2)6-18-12/h3-6,13H,1-2H3. The molecule has 0 amide bonds. The Labute approximate surface area is 123 Å². The highest BCUT2D eigenvalue weighted by Crippen LogP contribution is 2.40. The average Bonchev–Trinajstić information content (AvgIpc) is 2.81. The van der Waals surface area contributed by atoms with Crippen LogP contribution >= 0.6 is 38.9 Å². The largest absolute Gasteiger partial charge is 0.496 e. The van der Waals surface area contributed by atoms with Gasteiger partial charge in [-0.15, -0.1) is 11.3 Å². The van der Waals surface area contributed by atoms with Crippen LogP contribution in [0.3, 0.4) is 0 Å². The number of ether oxygens (including phenoxy) is 1. The summed E-state index contributed by atoms with van der Waals surface area (Å²) in [6.07, 6.45) is 0. The van der Waals surface area contributed by atoms with Gasteiger partial charge >= 0.3 is 0 Å². The van der Waals surface area contributed by atoms with Crippen LogP contribution in [0.4, 0.5) is 4.39 Å². The van der Waals surface area contributed by atoms with Crippen molar-refractivity contribution in [1.82, 2.24) is 0 Å². The number of alkyl halides is 1. The molecule has 1 atom stereocenters. The minimum atomic E-state index is -0.285. The summed E-state index contributed by atoms with van der Waals surface area (Å²) in [4.78, 5) is 1.01. The van der Waals surface area contributed by atoms with E-state index in [1.165, 1.54) is 6.07 Å². The quantitative estimate of drug-likeness (QED) is 0.679. The second-order valence-corrected chi connectivity index (χ2v) is 6.14. The molecule has 0 saturated carbocycles. The Morgan fingerprint density at radius 1 is 1.39 bits per heavy atom. The third-order valence-corrected chi connectivity index (χ3v) is 5.22. The van der Waals surface area contributed by atoms with Crippen LogP contribution in [0.5, 0.6) is 5.75 Å². The van der Waals surface area contributed by atoms with Gasteiger partial charge < -0.3 is 4.74 Å². The van der Waals surface area contributed by atoms with Crippen molar-refractivity contribution in [1.29, 1.82) is 0 Å². The van der Waals surface area contributed by atoms with E-state index in [4.69, 9.17) is 16.3 Å². The molecule has 0 aliphatic carbocycles. The zero-order valence-electron chi connectivity index (χ0n) is 9.84. The summed E-state index contributed by atoms with van der Waals surface area (Å²) >= 11 is 11.3. The van der Waals surface area contributed by atoms with Gasteiger partial charge in [-0.1, -0.05) is 33.6 Å². The van der Waals surface area contributed by atoms with Gasteiger partial charge in [0, 0.05) is 15.3 Å². The molecule has 0 aliphatic rings. The summed E-state index contributed by atoms with van der Waals surface area (Å²) in [6.45, 7) is 1.73. The molecule has 0 bridgehead atoms. The van der Waals surface area contributed by atoms with Crippen LogP contribution in [0.15, 0.2) is 23.6 Å². The molecule has 96 valence electrons. The zero-order valence-corrected chi connectivity index (χ0v) is 13.0. The second kappa shape index (κ2) is 5.59. The molecule has 1 nitrogen and oxygen atoms in total. The molecule has 0 saturated heterocycles. The molecule has 1 unspecified atom stereocenters. The number of rotatable bonds is 3. The third-order valence-electron chi connectivity index (χ3n) is 2.63. The molecular formula is C13H11BrClFOS. The fourth-order valence-electron chi connectivity index (χ4n) is 1.60. The lowest BCUT2D eigenvalue weighted by Gasteiger charge is -2.11. The molecule has 2 aromatic rings. The van der Waals surface area contributed by atoms with Gasteiger partial charge in [0.15, 0.2) is 0 Å². The molecule has 0 spiro atoms. The Balaban J connectivity index is 2.39. The molecule has 2 rings (SSSR count). The molecule has 1 aromatic heterocycles. The Morgan fingerprint density at radius 2 is 2.11 bits per heavy atom. The number of thiophene rings is 1. The first-order valence-corrected chi connectivity index (χ1v) is 7.42. The Morgan fingerprint density at radius 3 is 2.72 bits per heavy atom. The van der Waals surface area contributed by atoms with Gasteiger partial charge in [-0.25, -0.2) is 4.39 Å². The normalized spacial score (nSPS) is 12.5. The van der Waals surface area contributed by atoms with Gasteiger partial charge in [-0.2, -0.15) is 0 Å². The maximum Gasteiger partial charge on any atom is 0.129 e. The zero-order chi connectivity index (χ0) is 13.3. The summed E-state index contributed by atoms with van der Waals surface area (Å²) in [5, 5.41) is 2.35. The number of aryl methyl sites for hydroxylation is 1. The predicted molar refractivity (Wildman–Crippen MR) is 77.8 cm³/mol. The highest BCUT2D eigenvalue weighted by atomic mass is 79.9. The third kappa shape index (κ3) is 2.71. The monoisotopic (exact) mass is 348 g/mol. The van der Waals surface area contributed by atoms with Crippen LogP contribution in [-0.4, -0.2) is 7.11 Å². The summed E-state index contributed by atoms with van der Waals surface area (Å²) < 4.78 is 18.5. The van der Waals surface area contributed by atoms with Crippen molar-refractivity contribution in [2.45, 2.75) is 11.8 Å². The first kappa shape index (κ1) is 13.8. The van der Waals surface area contributed by atoms with Gasteiger partial charge in [-0.3, -0.25) is 0 Å². The molecule has 1 aromatic carbocycles.